The molecule has 1 aliphatic rings. The molecule has 0 fully saturated rings. The molecule has 1 N–H and O–H groups in total. The van der Waals surface area contributed by atoms with Gasteiger partial charge in [0.1, 0.15) is 0 Å². The Balaban J connectivity index is 1.62. The lowest BCUT2D eigenvalue weighted by atomic mass is 10.1. The van der Waals surface area contributed by atoms with E-state index < -0.39 is 0 Å². The first-order valence-corrected chi connectivity index (χ1v) is 7.95. The second-order valence-corrected chi connectivity index (χ2v) is 5.88. The normalized spacial score (nSPS) is 18.0. The van der Waals surface area contributed by atoms with Crippen LogP contribution in [0, 0.1) is 0 Å². The Morgan fingerprint density at radius 2 is 2.14 bits per heavy atom. The van der Waals surface area contributed by atoms with E-state index in [1.165, 1.54) is 11.3 Å². The van der Waals surface area contributed by atoms with E-state index in [1.807, 2.05) is 18.2 Å². The number of carbonyl (C=O) groups excluding carboxylic acids is 1. The van der Waals surface area contributed by atoms with E-state index in [4.69, 9.17) is 0 Å². The standard InChI is InChI=1S/C18H23N3O/c1-3-15-6-4-7-16(12-15)19-18(22)13-21-11-10-20-9-5-8-17(20)14(21)2/h4-9,12,14H,3,10-11,13H2,1-2H3,(H,19,22). The van der Waals surface area contributed by atoms with Crippen molar-refractivity contribution in [2.75, 3.05) is 18.4 Å². The number of carbonyl (C=O) groups is 1. The summed E-state index contributed by atoms with van der Waals surface area (Å²) in [5.41, 5.74) is 3.41. The highest BCUT2D eigenvalue weighted by Gasteiger charge is 2.24. The highest BCUT2D eigenvalue weighted by atomic mass is 16.2. The number of amides is 1. The van der Waals surface area contributed by atoms with Gasteiger partial charge in [-0.2, -0.15) is 0 Å². The lowest BCUT2D eigenvalue weighted by molar-refractivity contribution is -0.118. The first-order chi connectivity index (χ1) is 10.7. The molecule has 1 unspecified atom stereocenters. The van der Waals surface area contributed by atoms with Crippen LogP contribution >= 0.6 is 0 Å². The van der Waals surface area contributed by atoms with Gasteiger partial charge < -0.3 is 9.88 Å². The Labute approximate surface area is 131 Å². The van der Waals surface area contributed by atoms with E-state index in [9.17, 15) is 4.79 Å². The zero-order valence-corrected chi connectivity index (χ0v) is 13.2. The molecule has 1 aromatic carbocycles. The van der Waals surface area contributed by atoms with Gasteiger partial charge in [-0.1, -0.05) is 19.1 Å². The number of benzene rings is 1. The third-order valence-corrected chi connectivity index (χ3v) is 4.43. The molecule has 2 heterocycles. The quantitative estimate of drug-likeness (QED) is 0.941. The van der Waals surface area contributed by atoms with Crippen LogP contribution in [0.4, 0.5) is 5.69 Å². The fourth-order valence-electron chi connectivity index (χ4n) is 3.10. The molecule has 0 aliphatic carbocycles. The summed E-state index contributed by atoms with van der Waals surface area (Å²) in [6.07, 6.45) is 3.09. The van der Waals surface area contributed by atoms with Crippen LogP contribution in [0.25, 0.3) is 0 Å². The van der Waals surface area contributed by atoms with Gasteiger partial charge in [-0.25, -0.2) is 0 Å². The van der Waals surface area contributed by atoms with Crippen LogP contribution in [0.5, 0.6) is 0 Å². The molecule has 1 aromatic heterocycles. The van der Waals surface area contributed by atoms with Crippen molar-refractivity contribution >= 4 is 11.6 Å². The molecule has 116 valence electrons. The molecule has 4 heteroatoms. The molecule has 1 aliphatic heterocycles. The molecule has 22 heavy (non-hydrogen) atoms. The average molecular weight is 297 g/mol. The molecule has 0 bridgehead atoms. The van der Waals surface area contributed by atoms with Gasteiger partial charge in [-0.15, -0.1) is 0 Å². The van der Waals surface area contributed by atoms with Gasteiger partial charge in [0.05, 0.1) is 6.54 Å². The van der Waals surface area contributed by atoms with E-state index in [0.717, 1.165) is 25.2 Å². The van der Waals surface area contributed by atoms with Crippen molar-refractivity contribution in [2.24, 2.45) is 0 Å². The van der Waals surface area contributed by atoms with Crippen molar-refractivity contribution in [3.8, 4) is 0 Å². The zero-order valence-electron chi connectivity index (χ0n) is 13.2. The summed E-state index contributed by atoms with van der Waals surface area (Å²) in [4.78, 5) is 14.5. The summed E-state index contributed by atoms with van der Waals surface area (Å²) >= 11 is 0. The van der Waals surface area contributed by atoms with Crippen molar-refractivity contribution in [2.45, 2.75) is 32.9 Å². The Kier molecular flexibility index (Phi) is 4.29. The SMILES string of the molecule is CCc1cccc(NC(=O)CN2CCn3cccc3C2C)c1. The first kappa shape index (κ1) is 14.9. The van der Waals surface area contributed by atoms with Gasteiger partial charge in [-0.05, 0) is 43.2 Å². The number of aromatic nitrogens is 1. The van der Waals surface area contributed by atoms with E-state index in [0.29, 0.717) is 6.54 Å². The number of rotatable bonds is 4. The molecule has 0 saturated heterocycles. The van der Waals surface area contributed by atoms with Crippen molar-refractivity contribution in [3.05, 3.63) is 53.9 Å². The van der Waals surface area contributed by atoms with Crippen LogP contribution in [0.15, 0.2) is 42.6 Å². The second-order valence-electron chi connectivity index (χ2n) is 5.88. The molecule has 0 radical (unpaired) electrons. The molecule has 3 rings (SSSR count). The minimum absolute atomic E-state index is 0.0557. The summed E-state index contributed by atoms with van der Waals surface area (Å²) in [7, 11) is 0. The van der Waals surface area contributed by atoms with E-state index >= 15 is 0 Å². The first-order valence-electron chi connectivity index (χ1n) is 7.95. The second kappa shape index (κ2) is 6.36. The predicted octanol–water partition coefficient (Wildman–Crippen LogP) is 3.07. The molecular weight excluding hydrogens is 274 g/mol. The van der Waals surface area contributed by atoms with E-state index in [2.05, 4.69) is 53.0 Å². The van der Waals surface area contributed by atoms with Gasteiger partial charge >= 0.3 is 0 Å². The largest absolute Gasteiger partial charge is 0.349 e. The number of hydrogen-bond acceptors (Lipinski definition) is 2. The minimum Gasteiger partial charge on any atom is -0.349 e. The van der Waals surface area contributed by atoms with Crippen molar-refractivity contribution in [1.29, 1.82) is 0 Å². The highest BCUT2D eigenvalue weighted by Crippen LogP contribution is 2.24. The van der Waals surface area contributed by atoms with Crippen molar-refractivity contribution in [1.82, 2.24) is 9.47 Å². The Bertz CT molecular complexity index is 662. The third-order valence-electron chi connectivity index (χ3n) is 4.43. The molecule has 4 nitrogen and oxygen atoms in total. The summed E-state index contributed by atoms with van der Waals surface area (Å²) in [5, 5.41) is 3.01. The van der Waals surface area contributed by atoms with Crippen LogP contribution in [-0.4, -0.2) is 28.5 Å². The maximum atomic E-state index is 12.3. The summed E-state index contributed by atoms with van der Waals surface area (Å²) in [5.74, 6) is 0.0557. The van der Waals surface area contributed by atoms with Gasteiger partial charge in [-0.3, -0.25) is 9.69 Å². The number of fused-ring (bicyclic) bond motifs is 1. The Hall–Kier alpha value is -2.07. The molecule has 0 spiro atoms. The fourth-order valence-corrected chi connectivity index (χ4v) is 3.10. The predicted molar refractivity (Wildman–Crippen MR) is 88.9 cm³/mol. The van der Waals surface area contributed by atoms with Crippen LogP contribution in [0.3, 0.4) is 0 Å². The molecular formula is C18H23N3O. The van der Waals surface area contributed by atoms with Crippen molar-refractivity contribution in [3.63, 3.8) is 0 Å². The number of hydrogen-bond donors (Lipinski definition) is 1. The number of aryl methyl sites for hydroxylation is 1. The summed E-state index contributed by atoms with van der Waals surface area (Å²) < 4.78 is 2.27. The maximum absolute atomic E-state index is 12.3. The molecule has 1 amide bonds. The lowest BCUT2D eigenvalue weighted by Crippen LogP contribution is -2.41. The van der Waals surface area contributed by atoms with Crippen LogP contribution in [0.2, 0.25) is 0 Å². The maximum Gasteiger partial charge on any atom is 0.238 e. The van der Waals surface area contributed by atoms with Crippen LogP contribution in [0.1, 0.15) is 31.1 Å². The number of anilines is 1. The lowest BCUT2D eigenvalue weighted by Gasteiger charge is -2.34. The van der Waals surface area contributed by atoms with Crippen molar-refractivity contribution < 1.29 is 4.79 Å². The van der Waals surface area contributed by atoms with E-state index in [1.54, 1.807) is 0 Å². The smallest absolute Gasteiger partial charge is 0.238 e. The van der Waals surface area contributed by atoms with Gasteiger partial charge in [0.15, 0.2) is 0 Å². The summed E-state index contributed by atoms with van der Waals surface area (Å²) in [6, 6.07) is 12.5. The van der Waals surface area contributed by atoms with Crippen LogP contribution in [-0.2, 0) is 17.8 Å². The topological polar surface area (TPSA) is 37.3 Å². The number of nitrogens with zero attached hydrogens (tertiary/aromatic N) is 2. The highest BCUT2D eigenvalue weighted by molar-refractivity contribution is 5.92. The molecule has 1 atom stereocenters. The van der Waals surface area contributed by atoms with E-state index in [-0.39, 0.29) is 11.9 Å². The molecule has 2 aromatic rings. The summed E-state index contributed by atoms with van der Waals surface area (Å²) in [6.45, 7) is 6.57. The van der Waals surface area contributed by atoms with Crippen LogP contribution < -0.4 is 5.32 Å². The van der Waals surface area contributed by atoms with Gasteiger partial charge in [0.25, 0.3) is 0 Å². The number of nitrogens with one attached hydrogen (secondary N) is 1. The monoisotopic (exact) mass is 297 g/mol. The average Bonchev–Trinajstić information content (AvgIpc) is 2.99. The van der Waals surface area contributed by atoms with Gasteiger partial charge in [0, 0.05) is 36.7 Å². The Morgan fingerprint density at radius 3 is 2.95 bits per heavy atom. The fraction of sp³-hybridized carbons (Fsp3) is 0.389. The zero-order chi connectivity index (χ0) is 15.5. The third kappa shape index (κ3) is 3.07. The Morgan fingerprint density at radius 1 is 1.27 bits per heavy atom. The molecule has 0 saturated carbocycles. The minimum atomic E-state index is 0.0557. The van der Waals surface area contributed by atoms with Gasteiger partial charge in [0.2, 0.25) is 5.91 Å².